The molecule has 0 aliphatic carbocycles. The van der Waals surface area contributed by atoms with Crippen LogP contribution < -0.4 is 21.1 Å². The fourth-order valence-electron chi connectivity index (χ4n) is 3.79. The molecule has 4 amide bonds. The van der Waals surface area contributed by atoms with Gasteiger partial charge in [-0.05, 0) is 37.1 Å². The summed E-state index contributed by atoms with van der Waals surface area (Å²) in [5.41, 5.74) is 5.51. The first-order chi connectivity index (χ1) is 16.5. The van der Waals surface area contributed by atoms with Crippen LogP contribution in [0.3, 0.4) is 0 Å². The van der Waals surface area contributed by atoms with Crippen molar-refractivity contribution in [2.45, 2.75) is 31.8 Å². The minimum atomic E-state index is -1.41. The fourth-order valence-corrected chi connectivity index (χ4v) is 3.79. The molecule has 1 aliphatic rings. The maximum Gasteiger partial charge on any atom is 0.325 e. The number of hydrogen-bond donors (Lipinski definition) is 5. The van der Waals surface area contributed by atoms with Crippen LogP contribution in [0.15, 0.2) is 48.5 Å². The summed E-state index contributed by atoms with van der Waals surface area (Å²) >= 11 is 0. The maximum atomic E-state index is 13.1. The molecule has 184 valence electrons. The summed E-state index contributed by atoms with van der Waals surface area (Å²) in [4.78, 5) is 50.6. The number of carboxylic acids is 1. The molecule has 0 aromatic heterocycles. The van der Waals surface area contributed by atoms with Crippen LogP contribution in [-0.4, -0.2) is 52.8 Å². The number of amides is 4. The van der Waals surface area contributed by atoms with E-state index in [2.05, 4.69) is 10.6 Å². The number of carbonyl (C=O) groups is 4. The zero-order valence-electron chi connectivity index (χ0n) is 19.3. The Morgan fingerprint density at radius 3 is 2.34 bits per heavy atom. The Kier molecular flexibility index (Phi) is 7.38. The fraction of sp³-hybridized carbons (Fsp3) is 0.292. The smallest absolute Gasteiger partial charge is 0.325 e. The summed E-state index contributed by atoms with van der Waals surface area (Å²) in [5, 5.41) is 22.0. The molecule has 0 spiro atoms. The third kappa shape index (κ3) is 5.57. The molecule has 0 radical (unpaired) electrons. The molecule has 2 aromatic rings. The normalized spacial score (nSPS) is 18.1. The lowest BCUT2D eigenvalue weighted by molar-refractivity contribution is -0.138. The summed E-state index contributed by atoms with van der Waals surface area (Å²) in [5.74, 6) is -1.98. The zero-order chi connectivity index (χ0) is 25.8. The molecule has 0 saturated carbocycles. The van der Waals surface area contributed by atoms with Crippen molar-refractivity contribution in [2.75, 3.05) is 13.2 Å². The number of benzene rings is 2. The van der Waals surface area contributed by atoms with Gasteiger partial charge in [-0.3, -0.25) is 24.7 Å². The van der Waals surface area contributed by atoms with E-state index in [9.17, 15) is 24.3 Å². The Bertz CT molecular complexity index is 1150. The van der Waals surface area contributed by atoms with E-state index in [1.807, 2.05) is 6.92 Å². The molecular formula is C24H27N5O6. The van der Waals surface area contributed by atoms with Gasteiger partial charge in [0.15, 0.2) is 0 Å². The van der Waals surface area contributed by atoms with Crippen molar-refractivity contribution >= 4 is 29.7 Å². The van der Waals surface area contributed by atoms with Crippen LogP contribution >= 0.6 is 0 Å². The number of rotatable bonds is 10. The Labute approximate surface area is 201 Å². The number of urea groups is 1. The van der Waals surface area contributed by atoms with Gasteiger partial charge in [-0.15, -0.1) is 0 Å². The lowest BCUT2D eigenvalue weighted by atomic mass is 9.91. The van der Waals surface area contributed by atoms with Gasteiger partial charge in [-0.2, -0.15) is 0 Å². The molecule has 0 unspecified atom stereocenters. The second-order valence-electron chi connectivity index (χ2n) is 8.16. The molecular weight excluding hydrogens is 454 g/mol. The van der Waals surface area contributed by atoms with Crippen LogP contribution in [-0.2, 0) is 19.9 Å². The van der Waals surface area contributed by atoms with Crippen molar-refractivity contribution in [3.8, 4) is 5.75 Å². The number of aliphatic carboxylic acids is 1. The number of nitrogens with two attached hydrogens (primary N) is 1. The first kappa shape index (κ1) is 25.2. The van der Waals surface area contributed by atoms with Gasteiger partial charge in [0, 0.05) is 5.56 Å². The number of carbonyl (C=O) groups excluding carboxylic acids is 3. The van der Waals surface area contributed by atoms with Crippen LogP contribution in [0.2, 0.25) is 0 Å². The van der Waals surface area contributed by atoms with Crippen molar-refractivity contribution in [1.82, 2.24) is 15.5 Å². The van der Waals surface area contributed by atoms with Gasteiger partial charge in [-0.25, -0.2) is 4.79 Å². The molecule has 1 saturated heterocycles. The second-order valence-corrected chi connectivity index (χ2v) is 8.16. The quantitative estimate of drug-likeness (QED) is 0.194. The number of hydrogen-bond acceptors (Lipinski definition) is 6. The van der Waals surface area contributed by atoms with E-state index in [0.717, 1.165) is 4.90 Å². The maximum absolute atomic E-state index is 13.1. The summed E-state index contributed by atoms with van der Waals surface area (Å²) in [6.45, 7) is 3.24. The molecule has 2 atom stereocenters. The first-order valence-corrected chi connectivity index (χ1v) is 10.9. The van der Waals surface area contributed by atoms with E-state index >= 15 is 0 Å². The van der Waals surface area contributed by atoms with E-state index < -0.39 is 41.9 Å². The number of carboxylic acid groups (broad SMARTS) is 1. The molecule has 11 heteroatoms. The molecule has 35 heavy (non-hydrogen) atoms. The molecule has 0 bridgehead atoms. The highest BCUT2D eigenvalue weighted by molar-refractivity contribution is 6.09. The summed E-state index contributed by atoms with van der Waals surface area (Å²) in [6, 6.07) is 11.3. The van der Waals surface area contributed by atoms with Gasteiger partial charge in [0.1, 0.15) is 23.7 Å². The van der Waals surface area contributed by atoms with Crippen molar-refractivity contribution in [3.63, 3.8) is 0 Å². The lowest BCUT2D eigenvalue weighted by Gasteiger charge is -2.23. The van der Waals surface area contributed by atoms with E-state index in [1.54, 1.807) is 48.5 Å². The number of amidine groups is 1. The van der Waals surface area contributed by atoms with Crippen LogP contribution in [0.4, 0.5) is 4.79 Å². The first-order valence-electron chi connectivity index (χ1n) is 10.9. The number of imide groups is 1. The number of nitrogens with zero attached hydrogens (tertiary/aromatic N) is 1. The predicted molar refractivity (Wildman–Crippen MR) is 126 cm³/mol. The average molecular weight is 482 g/mol. The topological polar surface area (TPSA) is 175 Å². The largest absolute Gasteiger partial charge is 0.494 e. The van der Waals surface area contributed by atoms with Crippen LogP contribution in [0.5, 0.6) is 5.75 Å². The van der Waals surface area contributed by atoms with Gasteiger partial charge >= 0.3 is 12.0 Å². The molecule has 2 aromatic carbocycles. The molecule has 11 nitrogen and oxygen atoms in total. The Morgan fingerprint density at radius 1 is 1.17 bits per heavy atom. The summed E-state index contributed by atoms with van der Waals surface area (Å²) in [6.07, 6.45) is -0.389. The molecule has 6 N–H and O–H groups in total. The minimum Gasteiger partial charge on any atom is -0.494 e. The van der Waals surface area contributed by atoms with Crippen molar-refractivity contribution < 1.29 is 29.0 Å². The Balaban J connectivity index is 1.73. The van der Waals surface area contributed by atoms with Crippen LogP contribution in [0.25, 0.3) is 0 Å². The van der Waals surface area contributed by atoms with Gasteiger partial charge < -0.3 is 26.2 Å². The summed E-state index contributed by atoms with van der Waals surface area (Å²) in [7, 11) is 0. The van der Waals surface area contributed by atoms with E-state index in [4.69, 9.17) is 15.9 Å². The minimum absolute atomic E-state index is 0.134. The van der Waals surface area contributed by atoms with E-state index in [-0.39, 0.29) is 12.3 Å². The molecule has 1 fully saturated rings. The highest BCUT2D eigenvalue weighted by atomic mass is 16.5. The molecule has 1 heterocycles. The third-order valence-corrected chi connectivity index (χ3v) is 5.66. The highest BCUT2D eigenvalue weighted by Gasteiger charge is 2.49. The van der Waals surface area contributed by atoms with Crippen LogP contribution in [0, 0.1) is 5.41 Å². The second kappa shape index (κ2) is 10.2. The average Bonchev–Trinajstić information content (AvgIpc) is 3.03. The molecule has 1 aliphatic heterocycles. The standard InChI is InChI=1S/C24H27N5O6/c1-3-35-17-10-6-14(7-11-17)18(12-20(31)32)27-19(30)13-29-22(33)24(2,28-23(29)34)16-8-4-15(5-9-16)21(25)26/h4-11,18H,3,12-13H2,1-2H3,(H3,25,26)(H,27,30)(H,28,34)(H,31,32)/t18-,24-/m0/s1. The zero-order valence-corrected chi connectivity index (χ0v) is 19.3. The van der Waals surface area contributed by atoms with Crippen molar-refractivity contribution in [1.29, 1.82) is 5.41 Å². The predicted octanol–water partition coefficient (Wildman–Crippen LogP) is 1.47. The lowest BCUT2D eigenvalue weighted by Crippen LogP contribution is -2.44. The Hall–Kier alpha value is -4.41. The van der Waals surface area contributed by atoms with Gasteiger partial charge in [0.05, 0.1) is 19.1 Å². The third-order valence-electron chi connectivity index (χ3n) is 5.66. The Morgan fingerprint density at radius 2 is 1.80 bits per heavy atom. The van der Waals surface area contributed by atoms with Gasteiger partial charge in [-0.1, -0.05) is 36.4 Å². The van der Waals surface area contributed by atoms with E-state index in [1.165, 1.54) is 6.92 Å². The van der Waals surface area contributed by atoms with Crippen LogP contribution in [0.1, 0.15) is 43.0 Å². The SMILES string of the molecule is CCOc1ccc([C@H](CC(=O)O)NC(=O)CN2C(=O)N[C@@](C)(c3ccc(C(=N)N)cc3)C2=O)cc1. The number of ether oxygens (including phenoxy) is 1. The number of nitrogens with one attached hydrogen (secondary N) is 3. The summed E-state index contributed by atoms with van der Waals surface area (Å²) < 4.78 is 5.38. The van der Waals surface area contributed by atoms with E-state index in [0.29, 0.717) is 29.0 Å². The van der Waals surface area contributed by atoms with Crippen molar-refractivity contribution in [3.05, 3.63) is 65.2 Å². The highest BCUT2D eigenvalue weighted by Crippen LogP contribution is 2.29. The monoisotopic (exact) mass is 481 g/mol. The molecule has 3 rings (SSSR count). The van der Waals surface area contributed by atoms with Gasteiger partial charge in [0.2, 0.25) is 5.91 Å². The van der Waals surface area contributed by atoms with Gasteiger partial charge in [0.25, 0.3) is 5.91 Å². The van der Waals surface area contributed by atoms with Crippen molar-refractivity contribution in [2.24, 2.45) is 5.73 Å². The number of nitrogen functional groups attached to an aromatic ring is 1.